The van der Waals surface area contributed by atoms with Crippen molar-refractivity contribution in [1.82, 2.24) is 0 Å². The lowest BCUT2D eigenvalue weighted by molar-refractivity contribution is 0.298. The predicted octanol–water partition coefficient (Wildman–Crippen LogP) is 7.81. The molecule has 0 radical (unpaired) electrons. The van der Waals surface area contributed by atoms with Crippen LogP contribution in [0.2, 0.25) is 0 Å². The Morgan fingerprint density at radius 3 is 2.17 bits per heavy atom. The zero-order valence-electron chi connectivity index (χ0n) is 16.2. The highest BCUT2D eigenvalue weighted by Gasteiger charge is 2.37. The Morgan fingerprint density at radius 1 is 1.09 bits per heavy atom. The highest BCUT2D eigenvalue weighted by molar-refractivity contribution is 5.44. The molecule has 0 aromatic heterocycles. The van der Waals surface area contributed by atoms with E-state index in [2.05, 4.69) is 44.4 Å². The number of rotatable bonds is 4. The highest BCUT2D eigenvalue weighted by atomic mass is 14.4. The van der Waals surface area contributed by atoms with E-state index in [1.165, 1.54) is 49.7 Å². The maximum absolute atomic E-state index is 4.05. The summed E-state index contributed by atoms with van der Waals surface area (Å²) in [5.74, 6) is 0.661. The van der Waals surface area contributed by atoms with E-state index >= 15 is 0 Å². The summed E-state index contributed by atoms with van der Waals surface area (Å²) in [5, 5.41) is 0. The molecule has 1 unspecified atom stereocenters. The molecule has 0 heterocycles. The van der Waals surface area contributed by atoms with E-state index in [9.17, 15) is 0 Å². The average molecular weight is 315 g/mol. The first-order valence-electron chi connectivity index (χ1n) is 9.57. The van der Waals surface area contributed by atoms with Crippen LogP contribution in [-0.4, -0.2) is 0 Å². The minimum atomic E-state index is 0.194. The van der Waals surface area contributed by atoms with E-state index in [0.717, 1.165) is 0 Å². The highest BCUT2D eigenvalue weighted by Crippen LogP contribution is 2.50. The lowest BCUT2D eigenvalue weighted by Gasteiger charge is -2.41. The van der Waals surface area contributed by atoms with Gasteiger partial charge in [-0.2, -0.15) is 0 Å². The lowest BCUT2D eigenvalue weighted by Crippen LogP contribution is -2.28. The van der Waals surface area contributed by atoms with E-state index in [1.54, 1.807) is 0 Å². The minimum Gasteiger partial charge on any atom is -0.0991 e. The quantitative estimate of drug-likeness (QED) is 0.464. The molecule has 0 heteroatoms. The Kier molecular flexibility index (Phi) is 11.5. The van der Waals surface area contributed by atoms with Crippen molar-refractivity contribution in [3.8, 4) is 0 Å². The van der Waals surface area contributed by atoms with Crippen LogP contribution in [0.1, 0.15) is 73.1 Å². The second-order valence-electron chi connectivity index (χ2n) is 5.94. The molecule has 0 saturated heterocycles. The van der Waals surface area contributed by atoms with Gasteiger partial charge in [0, 0.05) is 5.41 Å². The molecule has 0 aromatic carbocycles. The van der Waals surface area contributed by atoms with E-state index in [-0.39, 0.29) is 5.41 Å². The monoisotopic (exact) mass is 314 g/mol. The number of allylic oxidation sites excluding steroid dienone is 8. The van der Waals surface area contributed by atoms with E-state index < -0.39 is 0 Å². The van der Waals surface area contributed by atoms with Crippen molar-refractivity contribution in [2.75, 3.05) is 0 Å². The van der Waals surface area contributed by atoms with E-state index in [4.69, 9.17) is 0 Å². The van der Waals surface area contributed by atoms with Gasteiger partial charge in [0.25, 0.3) is 0 Å². The lowest BCUT2D eigenvalue weighted by atomic mass is 9.63. The molecule has 0 N–H and O–H groups in total. The summed E-state index contributed by atoms with van der Waals surface area (Å²) in [5.41, 5.74) is 3.06. The molecule has 1 saturated carbocycles. The average Bonchev–Trinajstić information content (AvgIpc) is 2.63. The Balaban J connectivity index is 0.00000112. The first-order chi connectivity index (χ1) is 11.2. The fourth-order valence-corrected chi connectivity index (χ4v) is 3.61. The van der Waals surface area contributed by atoms with Gasteiger partial charge in [-0.05, 0) is 36.3 Å². The van der Waals surface area contributed by atoms with Crippen molar-refractivity contribution in [2.45, 2.75) is 73.1 Å². The zero-order chi connectivity index (χ0) is 17.7. The smallest absolute Gasteiger partial charge is 0.0199 e. The van der Waals surface area contributed by atoms with Crippen LogP contribution in [-0.2, 0) is 0 Å². The third kappa shape index (κ3) is 5.68. The molecule has 0 nitrogen and oxygen atoms in total. The van der Waals surface area contributed by atoms with Gasteiger partial charge in [0.05, 0.1) is 0 Å². The van der Waals surface area contributed by atoms with Gasteiger partial charge < -0.3 is 0 Å². The van der Waals surface area contributed by atoms with Crippen LogP contribution >= 0.6 is 0 Å². The number of hydrogen-bond acceptors (Lipinski definition) is 0. The van der Waals surface area contributed by atoms with Crippen LogP contribution in [0.15, 0.2) is 60.8 Å². The molecule has 2 aliphatic carbocycles. The topological polar surface area (TPSA) is 0 Å². The van der Waals surface area contributed by atoms with Crippen LogP contribution < -0.4 is 0 Å². The van der Waals surface area contributed by atoms with Crippen molar-refractivity contribution in [2.24, 2.45) is 11.3 Å². The fourth-order valence-electron chi connectivity index (χ4n) is 3.61. The summed E-state index contributed by atoms with van der Waals surface area (Å²) >= 11 is 0. The molecule has 1 fully saturated rings. The Hall–Kier alpha value is -1.30. The van der Waals surface area contributed by atoms with Gasteiger partial charge in [0.1, 0.15) is 0 Å². The van der Waals surface area contributed by atoms with Gasteiger partial charge in [-0.25, -0.2) is 0 Å². The molecule has 0 spiro atoms. The van der Waals surface area contributed by atoms with Crippen molar-refractivity contribution < 1.29 is 0 Å². The molecule has 130 valence electrons. The van der Waals surface area contributed by atoms with Crippen molar-refractivity contribution >= 4 is 0 Å². The molecular formula is C23H38. The summed E-state index contributed by atoms with van der Waals surface area (Å²) < 4.78 is 0. The summed E-state index contributed by atoms with van der Waals surface area (Å²) in [7, 11) is 0. The Morgan fingerprint density at radius 2 is 1.70 bits per heavy atom. The fraction of sp³-hybridized carbons (Fsp3) is 0.565. The van der Waals surface area contributed by atoms with Crippen molar-refractivity contribution in [3.63, 3.8) is 0 Å². The molecule has 0 aliphatic heterocycles. The Bertz CT molecular complexity index is 425. The van der Waals surface area contributed by atoms with Crippen LogP contribution in [0.4, 0.5) is 0 Å². The van der Waals surface area contributed by atoms with Gasteiger partial charge >= 0.3 is 0 Å². The van der Waals surface area contributed by atoms with Crippen LogP contribution in [0.3, 0.4) is 0 Å². The third-order valence-electron chi connectivity index (χ3n) is 4.60. The molecule has 0 aromatic rings. The summed E-state index contributed by atoms with van der Waals surface area (Å²) in [6.07, 6.45) is 21.0. The molecule has 1 atom stereocenters. The molecular weight excluding hydrogens is 276 g/mol. The van der Waals surface area contributed by atoms with Crippen LogP contribution in [0.5, 0.6) is 0 Å². The summed E-state index contributed by atoms with van der Waals surface area (Å²) in [6.45, 7) is 18.2. The van der Waals surface area contributed by atoms with Gasteiger partial charge in [-0.3, -0.25) is 0 Å². The molecule has 2 aliphatic rings. The van der Waals surface area contributed by atoms with Crippen molar-refractivity contribution in [1.29, 1.82) is 0 Å². The van der Waals surface area contributed by atoms with Gasteiger partial charge in [-0.1, -0.05) is 103 Å². The molecule has 23 heavy (non-hydrogen) atoms. The van der Waals surface area contributed by atoms with Gasteiger partial charge in [0.2, 0.25) is 0 Å². The second kappa shape index (κ2) is 12.2. The summed E-state index contributed by atoms with van der Waals surface area (Å²) in [4.78, 5) is 0. The standard InChI is InChI=1S/C19H26.2C2H6/c1-4-10-17(5-2)19(13-7-6-8-14-19)18-12-9-11-16(3)15-18;2*1-2/h4-5,9-10,12,15-16H,1-2,6-8,11,13-14H2,3H3;2*1-2H3/b17-10+;;. The summed E-state index contributed by atoms with van der Waals surface area (Å²) in [6, 6.07) is 0. The van der Waals surface area contributed by atoms with Gasteiger partial charge in [-0.15, -0.1) is 0 Å². The second-order valence-corrected chi connectivity index (χ2v) is 5.94. The van der Waals surface area contributed by atoms with Crippen LogP contribution in [0.25, 0.3) is 0 Å². The molecule has 0 bridgehead atoms. The maximum atomic E-state index is 4.05. The maximum Gasteiger partial charge on any atom is 0.0199 e. The molecule has 0 amide bonds. The normalized spacial score (nSPS) is 22.6. The van der Waals surface area contributed by atoms with E-state index in [1.807, 2.05) is 39.8 Å². The first-order valence-corrected chi connectivity index (χ1v) is 9.57. The molecule has 2 rings (SSSR count). The van der Waals surface area contributed by atoms with Gasteiger partial charge in [0.15, 0.2) is 0 Å². The SMILES string of the molecule is C=C/C=C(\C=C)C1(C2=CC(C)CC=C2)CCCCC1.CC.CC. The van der Waals surface area contributed by atoms with Crippen LogP contribution in [0, 0.1) is 11.3 Å². The minimum absolute atomic E-state index is 0.194. The largest absolute Gasteiger partial charge is 0.0991 e. The zero-order valence-corrected chi connectivity index (χ0v) is 16.2. The first kappa shape index (κ1) is 21.7. The number of hydrogen-bond donors (Lipinski definition) is 0. The third-order valence-corrected chi connectivity index (χ3v) is 4.60. The Labute approximate surface area is 145 Å². The predicted molar refractivity (Wildman–Crippen MR) is 108 cm³/mol. The van der Waals surface area contributed by atoms with E-state index in [0.29, 0.717) is 5.92 Å². The van der Waals surface area contributed by atoms with Crippen molar-refractivity contribution in [3.05, 3.63) is 60.8 Å².